The normalized spacial score (nSPS) is 15.0. The third kappa shape index (κ3) is 4.08. The molecule has 0 N–H and O–H groups in total. The molecule has 154 valence electrons. The summed E-state index contributed by atoms with van der Waals surface area (Å²) in [7, 11) is 0. The second-order valence-electron chi connectivity index (χ2n) is 7.15. The molecule has 0 saturated carbocycles. The maximum Gasteiger partial charge on any atom is 0.232 e. The van der Waals surface area contributed by atoms with Gasteiger partial charge in [-0.05, 0) is 42.1 Å². The van der Waals surface area contributed by atoms with Crippen LogP contribution in [-0.4, -0.2) is 41.2 Å². The number of nitrogens with zero attached hydrogens (tertiary/aromatic N) is 3. The largest absolute Gasteiger partial charge is 0.438 e. The lowest BCUT2D eigenvalue weighted by molar-refractivity contribution is 0.0330. The molecule has 1 saturated heterocycles. The van der Waals surface area contributed by atoms with E-state index in [0.717, 1.165) is 64.2 Å². The Bertz CT molecular complexity index is 1170. The molecule has 0 aliphatic carbocycles. The Hall–Kier alpha value is -2.03. The molecule has 3 aromatic heterocycles. The van der Waals surface area contributed by atoms with Crippen LogP contribution in [0.1, 0.15) is 11.4 Å². The van der Waals surface area contributed by atoms with Crippen molar-refractivity contribution in [1.29, 1.82) is 0 Å². The molecule has 30 heavy (non-hydrogen) atoms. The van der Waals surface area contributed by atoms with Crippen molar-refractivity contribution < 1.29 is 9.47 Å². The number of thiophene rings is 2. The van der Waals surface area contributed by atoms with E-state index in [4.69, 9.17) is 31.0 Å². The second-order valence-corrected chi connectivity index (χ2v) is 9.37. The van der Waals surface area contributed by atoms with E-state index in [9.17, 15) is 0 Å². The number of halogens is 1. The minimum Gasteiger partial charge on any atom is -0.438 e. The molecule has 0 amide bonds. The van der Waals surface area contributed by atoms with Gasteiger partial charge in [0.05, 0.1) is 25.1 Å². The predicted molar refractivity (Wildman–Crippen MR) is 123 cm³/mol. The van der Waals surface area contributed by atoms with Crippen LogP contribution in [0.2, 0.25) is 5.02 Å². The van der Waals surface area contributed by atoms with E-state index in [1.807, 2.05) is 25.1 Å². The van der Waals surface area contributed by atoms with Gasteiger partial charge >= 0.3 is 0 Å². The molecule has 0 radical (unpaired) electrons. The van der Waals surface area contributed by atoms with Crippen LogP contribution in [0.15, 0.2) is 41.1 Å². The average Bonchev–Trinajstić information content (AvgIpc) is 3.41. The first-order chi connectivity index (χ1) is 14.7. The molecule has 1 aromatic carbocycles. The Balaban J connectivity index is 1.58. The Morgan fingerprint density at radius 3 is 2.80 bits per heavy atom. The van der Waals surface area contributed by atoms with Gasteiger partial charge in [-0.3, -0.25) is 4.90 Å². The first-order valence-electron chi connectivity index (χ1n) is 9.73. The van der Waals surface area contributed by atoms with Crippen molar-refractivity contribution in [3.05, 3.63) is 57.5 Å². The number of ether oxygens (including phenoxy) is 2. The first kappa shape index (κ1) is 19.9. The lowest BCUT2D eigenvalue weighted by atomic mass is 10.2. The summed E-state index contributed by atoms with van der Waals surface area (Å²) in [5, 5.41) is 5.90. The van der Waals surface area contributed by atoms with Gasteiger partial charge in [-0.1, -0.05) is 17.7 Å². The van der Waals surface area contributed by atoms with Gasteiger partial charge in [0, 0.05) is 33.9 Å². The number of hydrogen-bond donors (Lipinski definition) is 0. The van der Waals surface area contributed by atoms with Crippen molar-refractivity contribution >= 4 is 44.5 Å². The predicted octanol–water partition coefficient (Wildman–Crippen LogP) is 6.01. The van der Waals surface area contributed by atoms with Crippen LogP contribution >= 0.6 is 34.3 Å². The molecule has 8 heteroatoms. The molecule has 4 heterocycles. The van der Waals surface area contributed by atoms with Gasteiger partial charge in [0.2, 0.25) is 5.88 Å². The number of aryl methyl sites for hydroxylation is 1. The van der Waals surface area contributed by atoms with Crippen LogP contribution in [0.5, 0.6) is 11.6 Å². The fourth-order valence-corrected chi connectivity index (χ4v) is 5.35. The monoisotopic (exact) mass is 457 g/mol. The fourth-order valence-electron chi connectivity index (χ4n) is 3.46. The summed E-state index contributed by atoms with van der Waals surface area (Å²) in [5.41, 5.74) is 2.08. The molecule has 0 unspecified atom stereocenters. The highest BCUT2D eigenvalue weighted by atomic mass is 35.5. The van der Waals surface area contributed by atoms with E-state index >= 15 is 0 Å². The average molecular weight is 458 g/mol. The van der Waals surface area contributed by atoms with Crippen molar-refractivity contribution in [3.63, 3.8) is 0 Å². The van der Waals surface area contributed by atoms with E-state index in [1.165, 1.54) is 4.88 Å². The molecule has 0 spiro atoms. The summed E-state index contributed by atoms with van der Waals surface area (Å²) in [6.07, 6.45) is 0. The highest BCUT2D eigenvalue weighted by Gasteiger charge is 2.20. The molecular formula is C22H20ClN3O2S2. The Morgan fingerprint density at radius 2 is 2.03 bits per heavy atom. The van der Waals surface area contributed by atoms with E-state index in [2.05, 4.69) is 27.8 Å². The number of rotatable bonds is 5. The number of morpholine rings is 1. The number of hydrogen-bond acceptors (Lipinski definition) is 7. The first-order valence-corrected chi connectivity index (χ1v) is 11.9. The lowest BCUT2D eigenvalue weighted by Gasteiger charge is -2.25. The third-order valence-electron chi connectivity index (χ3n) is 5.05. The zero-order valence-electron chi connectivity index (χ0n) is 16.4. The maximum absolute atomic E-state index is 6.31. The van der Waals surface area contributed by atoms with Crippen LogP contribution in [0, 0.1) is 6.92 Å². The summed E-state index contributed by atoms with van der Waals surface area (Å²) < 4.78 is 11.8. The van der Waals surface area contributed by atoms with Crippen LogP contribution in [0.3, 0.4) is 0 Å². The summed E-state index contributed by atoms with van der Waals surface area (Å²) in [4.78, 5) is 14.1. The fraction of sp³-hybridized carbons (Fsp3) is 0.273. The quantitative estimate of drug-likeness (QED) is 0.367. The van der Waals surface area contributed by atoms with Gasteiger partial charge in [0.1, 0.15) is 16.4 Å². The number of aromatic nitrogens is 2. The van der Waals surface area contributed by atoms with Crippen molar-refractivity contribution in [2.45, 2.75) is 13.5 Å². The van der Waals surface area contributed by atoms with E-state index in [-0.39, 0.29) is 0 Å². The van der Waals surface area contributed by atoms with Gasteiger partial charge in [-0.2, -0.15) is 4.98 Å². The van der Waals surface area contributed by atoms with Gasteiger partial charge in [-0.15, -0.1) is 22.7 Å². The van der Waals surface area contributed by atoms with E-state index in [1.54, 1.807) is 22.7 Å². The minimum absolute atomic E-state index is 0.592. The summed E-state index contributed by atoms with van der Waals surface area (Å²) >= 11 is 9.53. The topological polar surface area (TPSA) is 47.5 Å². The van der Waals surface area contributed by atoms with Crippen molar-refractivity contribution in [2.24, 2.45) is 0 Å². The molecule has 0 atom stereocenters. The Morgan fingerprint density at radius 1 is 1.17 bits per heavy atom. The zero-order chi connectivity index (χ0) is 20.5. The van der Waals surface area contributed by atoms with E-state index < -0.39 is 0 Å². The molecule has 1 fully saturated rings. The molecule has 4 aromatic rings. The van der Waals surface area contributed by atoms with Gasteiger partial charge < -0.3 is 9.47 Å². The zero-order valence-corrected chi connectivity index (χ0v) is 18.8. The smallest absolute Gasteiger partial charge is 0.232 e. The summed E-state index contributed by atoms with van der Waals surface area (Å²) in [5.74, 6) is 2.08. The molecule has 1 aliphatic heterocycles. The van der Waals surface area contributed by atoms with Crippen molar-refractivity contribution in [1.82, 2.24) is 14.9 Å². The standard InChI is InChI=1S/C22H20ClN3O2S2/c1-14-11-15(4-5-17(14)23)28-21-20-16(18-3-2-10-29-18)13-30-22(20)25-19(24-21)12-26-6-8-27-9-7-26/h2-5,10-11,13H,6-9,12H2,1H3. The molecular weight excluding hydrogens is 438 g/mol. The second kappa shape index (κ2) is 8.61. The van der Waals surface area contributed by atoms with Crippen LogP contribution in [0.25, 0.3) is 20.7 Å². The Kier molecular flexibility index (Phi) is 5.71. The summed E-state index contributed by atoms with van der Waals surface area (Å²) in [6, 6.07) is 9.84. The van der Waals surface area contributed by atoms with Gasteiger partial charge in [-0.25, -0.2) is 4.98 Å². The van der Waals surface area contributed by atoms with Crippen molar-refractivity contribution in [3.8, 4) is 22.1 Å². The molecule has 1 aliphatic rings. The molecule has 0 bridgehead atoms. The molecule has 5 rings (SSSR count). The number of fused-ring (bicyclic) bond motifs is 1. The van der Waals surface area contributed by atoms with E-state index in [0.29, 0.717) is 12.4 Å². The van der Waals surface area contributed by atoms with Crippen LogP contribution < -0.4 is 4.74 Å². The third-order valence-corrected chi connectivity index (χ3v) is 7.25. The lowest BCUT2D eigenvalue weighted by Crippen LogP contribution is -2.36. The van der Waals surface area contributed by atoms with Crippen LogP contribution in [0.4, 0.5) is 0 Å². The van der Waals surface area contributed by atoms with Crippen LogP contribution in [-0.2, 0) is 11.3 Å². The number of benzene rings is 1. The van der Waals surface area contributed by atoms with Gasteiger partial charge in [0.15, 0.2) is 0 Å². The summed E-state index contributed by atoms with van der Waals surface area (Å²) in [6.45, 7) is 5.92. The Labute approximate surface area is 187 Å². The van der Waals surface area contributed by atoms with Gasteiger partial charge in [0.25, 0.3) is 0 Å². The highest BCUT2D eigenvalue weighted by Crippen LogP contribution is 2.41. The highest BCUT2D eigenvalue weighted by molar-refractivity contribution is 7.18. The SMILES string of the molecule is Cc1cc(Oc2nc(CN3CCOCC3)nc3scc(-c4cccs4)c23)ccc1Cl. The minimum atomic E-state index is 0.592. The van der Waals surface area contributed by atoms with Crippen molar-refractivity contribution in [2.75, 3.05) is 26.3 Å². The molecule has 5 nitrogen and oxygen atoms in total. The maximum atomic E-state index is 6.31.